The molecule has 86 valence electrons. The van der Waals surface area contributed by atoms with Crippen LogP contribution in [0, 0.1) is 0 Å². The summed E-state index contributed by atoms with van der Waals surface area (Å²) in [5.41, 5.74) is 0.798. The van der Waals surface area contributed by atoms with Crippen molar-refractivity contribution < 1.29 is 9.63 Å². The summed E-state index contributed by atoms with van der Waals surface area (Å²) in [6, 6.07) is 5.12. The lowest BCUT2D eigenvalue weighted by molar-refractivity contribution is -0.162. The van der Waals surface area contributed by atoms with Crippen molar-refractivity contribution in [2.45, 2.75) is 0 Å². The second-order valence-corrected chi connectivity index (χ2v) is 3.84. The smallest absolute Gasteiger partial charge is 0.269 e. The molecule has 0 heterocycles. The van der Waals surface area contributed by atoms with Crippen molar-refractivity contribution in [1.29, 1.82) is 0 Å². The number of hydroxylamine groups is 2. The summed E-state index contributed by atoms with van der Waals surface area (Å²) in [6.07, 6.45) is 3.03. The first-order valence-electron chi connectivity index (χ1n) is 4.49. The maximum atomic E-state index is 11.4. The molecule has 0 N–H and O–H groups in total. The van der Waals surface area contributed by atoms with Crippen LogP contribution in [0.1, 0.15) is 5.56 Å². The number of benzene rings is 1. The quantitative estimate of drug-likeness (QED) is 0.617. The highest BCUT2D eigenvalue weighted by atomic mass is 35.5. The van der Waals surface area contributed by atoms with Crippen LogP contribution in [0.25, 0.3) is 6.08 Å². The van der Waals surface area contributed by atoms with E-state index in [4.69, 9.17) is 28.0 Å². The van der Waals surface area contributed by atoms with E-state index >= 15 is 0 Å². The van der Waals surface area contributed by atoms with E-state index < -0.39 is 0 Å². The molecule has 0 aromatic heterocycles. The van der Waals surface area contributed by atoms with Crippen molar-refractivity contribution in [2.75, 3.05) is 14.2 Å². The van der Waals surface area contributed by atoms with E-state index in [1.54, 1.807) is 24.3 Å². The number of amides is 1. The molecule has 0 unspecified atom stereocenters. The average molecular weight is 260 g/mol. The third kappa shape index (κ3) is 3.52. The van der Waals surface area contributed by atoms with Crippen LogP contribution >= 0.6 is 23.2 Å². The molecular weight excluding hydrogens is 249 g/mol. The summed E-state index contributed by atoms with van der Waals surface area (Å²) >= 11 is 11.6. The fourth-order valence-corrected chi connectivity index (χ4v) is 1.29. The van der Waals surface area contributed by atoms with Gasteiger partial charge in [-0.3, -0.25) is 9.63 Å². The van der Waals surface area contributed by atoms with Crippen LogP contribution in [0.4, 0.5) is 0 Å². The van der Waals surface area contributed by atoms with Gasteiger partial charge in [-0.25, -0.2) is 5.06 Å². The minimum absolute atomic E-state index is 0.256. The molecule has 0 aliphatic heterocycles. The molecule has 0 bridgehead atoms. The fraction of sp³-hybridized carbons (Fsp3) is 0.182. The molecule has 0 spiro atoms. The Balaban J connectivity index is 2.77. The van der Waals surface area contributed by atoms with E-state index in [0.717, 1.165) is 10.6 Å². The number of carbonyl (C=O) groups is 1. The Morgan fingerprint density at radius 1 is 1.38 bits per heavy atom. The van der Waals surface area contributed by atoms with E-state index in [0.29, 0.717) is 10.0 Å². The van der Waals surface area contributed by atoms with E-state index in [9.17, 15) is 4.79 Å². The third-order valence-corrected chi connectivity index (χ3v) is 2.69. The van der Waals surface area contributed by atoms with Gasteiger partial charge in [0, 0.05) is 13.1 Å². The Labute approximate surface area is 104 Å². The third-order valence-electron chi connectivity index (χ3n) is 1.95. The topological polar surface area (TPSA) is 29.5 Å². The molecule has 0 aliphatic carbocycles. The molecule has 0 saturated heterocycles. The van der Waals surface area contributed by atoms with Crippen molar-refractivity contribution in [3.63, 3.8) is 0 Å². The molecule has 1 amide bonds. The zero-order valence-corrected chi connectivity index (χ0v) is 10.4. The number of carbonyl (C=O) groups excluding carboxylic acids is 1. The first-order chi connectivity index (χ1) is 7.54. The standard InChI is InChI=1S/C11H11Cl2NO2/c1-14(16-2)11(15)6-4-8-3-5-9(12)10(13)7-8/h3-7H,1-2H3. The molecule has 5 heteroatoms. The Hall–Kier alpha value is -1.03. The number of nitrogens with zero attached hydrogens (tertiary/aromatic N) is 1. The van der Waals surface area contributed by atoms with Crippen molar-refractivity contribution in [3.8, 4) is 0 Å². The summed E-state index contributed by atoms with van der Waals surface area (Å²) in [4.78, 5) is 16.1. The maximum Gasteiger partial charge on any atom is 0.269 e. The first kappa shape index (κ1) is 13.0. The Bertz CT molecular complexity index is 418. The largest absolute Gasteiger partial charge is 0.274 e. The summed E-state index contributed by atoms with van der Waals surface area (Å²) in [7, 11) is 2.95. The highest BCUT2D eigenvalue weighted by Crippen LogP contribution is 2.23. The van der Waals surface area contributed by atoms with Gasteiger partial charge in [0.2, 0.25) is 0 Å². The van der Waals surface area contributed by atoms with Crippen LogP contribution in [-0.2, 0) is 9.63 Å². The summed E-state index contributed by atoms with van der Waals surface area (Å²) in [5, 5.41) is 2.06. The number of hydrogen-bond donors (Lipinski definition) is 0. The Morgan fingerprint density at radius 2 is 2.06 bits per heavy atom. The van der Waals surface area contributed by atoms with Gasteiger partial charge >= 0.3 is 0 Å². The Morgan fingerprint density at radius 3 is 2.62 bits per heavy atom. The zero-order chi connectivity index (χ0) is 12.1. The van der Waals surface area contributed by atoms with Gasteiger partial charge in [0.1, 0.15) is 0 Å². The van der Waals surface area contributed by atoms with Crippen molar-refractivity contribution in [1.82, 2.24) is 5.06 Å². The zero-order valence-electron chi connectivity index (χ0n) is 8.91. The van der Waals surface area contributed by atoms with Gasteiger partial charge in [-0.05, 0) is 23.8 Å². The predicted octanol–water partition coefficient (Wildman–Crippen LogP) is 3.03. The normalized spacial score (nSPS) is 10.8. The summed E-state index contributed by atoms with van der Waals surface area (Å²) < 4.78 is 0. The SMILES string of the molecule is CON(C)C(=O)C=Cc1ccc(Cl)c(Cl)c1. The molecule has 1 rings (SSSR count). The van der Waals surface area contributed by atoms with Crippen molar-refractivity contribution >= 4 is 35.2 Å². The van der Waals surface area contributed by atoms with Crippen LogP contribution < -0.4 is 0 Å². The van der Waals surface area contributed by atoms with Crippen molar-refractivity contribution in [3.05, 3.63) is 39.9 Å². The van der Waals surface area contributed by atoms with E-state index in [1.807, 2.05) is 0 Å². The minimum atomic E-state index is -0.256. The monoisotopic (exact) mass is 259 g/mol. The predicted molar refractivity (Wildman–Crippen MR) is 65.3 cm³/mol. The molecule has 0 radical (unpaired) electrons. The first-order valence-corrected chi connectivity index (χ1v) is 5.25. The molecule has 0 fully saturated rings. The lowest BCUT2D eigenvalue weighted by Gasteiger charge is -2.09. The van der Waals surface area contributed by atoms with Gasteiger partial charge in [-0.1, -0.05) is 29.3 Å². The number of hydrogen-bond acceptors (Lipinski definition) is 2. The molecular formula is C11H11Cl2NO2. The Kier molecular flexibility index (Phi) is 4.80. The molecule has 1 aromatic rings. The van der Waals surface area contributed by atoms with Gasteiger partial charge in [0.05, 0.1) is 17.2 Å². The van der Waals surface area contributed by atoms with Crippen LogP contribution in [0.5, 0.6) is 0 Å². The maximum absolute atomic E-state index is 11.4. The summed E-state index contributed by atoms with van der Waals surface area (Å²) in [6.45, 7) is 0. The van der Waals surface area contributed by atoms with Gasteiger partial charge in [-0.15, -0.1) is 0 Å². The molecule has 3 nitrogen and oxygen atoms in total. The molecule has 1 aromatic carbocycles. The average Bonchev–Trinajstić information content (AvgIpc) is 2.29. The van der Waals surface area contributed by atoms with Crippen LogP contribution in [0.3, 0.4) is 0 Å². The number of rotatable bonds is 3. The van der Waals surface area contributed by atoms with Gasteiger partial charge < -0.3 is 0 Å². The molecule has 0 saturated carbocycles. The van der Waals surface area contributed by atoms with Crippen LogP contribution in [0.2, 0.25) is 10.0 Å². The molecule has 0 aliphatic rings. The van der Waals surface area contributed by atoms with Gasteiger partial charge in [-0.2, -0.15) is 0 Å². The minimum Gasteiger partial charge on any atom is -0.274 e. The van der Waals surface area contributed by atoms with E-state index in [-0.39, 0.29) is 5.91 Å². The molecule has 0 atom stereocenters. The summed E-state index contributed by atoms with van der Waals surface area (Å²) in [5.74, 6) is -0.256. The second-order valence-electron chi connectivity index (χ2n) is 3.03. The lowest BCUT2D eigenvalue weighted by atomic mass is 10.2. The van der Waals surface area contributed by atoms with Gasteiger partial charge in [0.15, 0.2) is 0 Å². The fourth-order valence-electron chi connectivity index (χ4n) is 0.979. The highest BCUT2D eigenvalue weighted by molar-refractivity contribution is 6.42. The molecule has 16 heavy (non-hydrogen) atoms. The van der Waals surface area contributed by atoms with Crippen LogP contribution in [-0.4, -0.2) is 25.1 Å². The van der Waals surface area contributed by atoms with E-state index in [2.05, 4.69) is 0 Å². The van der Waals surface area contributed by atoms with E-state index in [1.165, 1.54) is 20.2 Å². The number of halogens is 2. The highest BCUT2D eigenvalue weighted by Gasteiger charge is 2.02. The number of likely N-dealkylation sites (N-methyl/N-ethyl adjacent to an activating group) is 1. The second kappa shape index (κ2) is 5.89. The van der Waals surface area contributed by atoms with Crippen LogP contribution in [0.15, 0.2) is 24.3 Å². The van der Waals surface area contributed by atoms with Crippen molar-refractivity contribution in [2.24, 2.45) is 0 Å². The van der Waals surface area contributed by atoms with Gasteiger partial charge in [0.25, 0.3) is 5.91 Å². The lowest BCUT2D eigenvalue weighted by Crippen LogP contribution is -2.22.